The molecule has 5 nitrogen and oxygen atoms in total. The third kappa shape index (κ3) is 4.47. The van der Waals surface area contributed by atoms with E-state index in [1.54, 1.807) is 6.92 Å². The Morgan fingerprint density at radius 1 is 1.46 bits per heavy atom. The van der Waals surface area contributed by atoms with Crippen LogP contribution < -0.4 is 0 Å². The number of ether oxygens (including phenoxy) is 1. The van der Waals surface area contributed by atoms with E-state index in [1.165, 1.54) is 6.92 Å². The molecule has 0 saturated carbocycles. The lowest BCUT2D eigenvalue weighted by Gasteiger charge is -2.14. The fraction of sp³-hybridized carbons (Fsp3) is 0.750. The summed E-state index contributed by atoms with van der Waals surface area (Å²) < 4.78 is 4.61. The van der Waals surface area contributed by atoms with E-state index in [9.17, 15) is 14.7 Å². The first-order valence-electron chi connectivity index (χ1n) is 4.05. The first-order chi connectivity index (χ1) is 5.99. The minimum absolute atomic E-state index is 0.225. The van der Waals surface area contributed by atoms with E-state index >= 15 is 0 Å². The summed E-state index contributed by atoms with van der Waals surface area (Å²) >= 11 is 0. The molecule has 2 unspecified atom stereocenters. The fourth-order valence-corrected chi connectivity index (χ4v) is 0.786. The standard InChI is InChI=1S/C8H14O5/c1-3-13-8(12)5(2)6(9)4-7(10)11/h5-6,9H,3-4H2,1-2H3,(H,10,11). The Hall–Kier alpha value is -1.10. The molecule has 0 rings (SSSR count). The molecule has 0 aromatic rings. The van der Waals surface area contributed by atoms with Crippen LogP contribution in [0.1, 0.15) is 20.3 Å². The molecule has 0 aliphatic heterocycles. The summed E-state index contributed by atoms with van der Waals surface area (Å²) in [7, 11) is 0. The summed E-state index contributed by atoms with van der Waals surface area (Å²) in [5.74, 6) is -2.50. The van der Waals surface area contributed by atoms with Gasteiger partial charge in [0.15, 0.2) is 0 Å². The number of aliphatic carboxylic acids is 1. The Balaban J connectivity index is 4.00. The van der Waals surface area contributed by atoms with Crippen molar-refractivity contribution in [3.05, 3.63) is 0 Å². The summed E-state index contributed by atoms with van der Waals surface area (Å²) in [5, 5.41) is 17.5. The lowest BCUT2D eigenvalue weighted by Crippen LogP contribution is -2.29. The highest BCUT2D eigenvalue weighted by Gasteiger charge is 2.24. The monoisotopic (exact) mass is 190 g/mol. The molecule has 0 aliphatic rings. The van der Waals surface area contributed by atoms with Crippen LogP contribution >= 0.6 is 0 Å². The lowest BCUT2D eigenvalue weighted by molar-refractivity contribution is -0.152. The normalized spacial score (nSPS) is 14.7. The van der Waals surface area contributed by atoms with Gasteiger partial charge in [0.05, 0.1) is 25.0 Å². The SMILES string of the molecule is CCOC(=O)C(C)C(O)CC(=O)O. The third-order valence-electron chi connectivity index (χ3n) is 1.62. The van der Waals surface area contributed by atoms with Crippen molar-refractivity contribution in [3.63, 3.8) is 0 Å². The number of carboxylic acid groups (broad SMARTS) is 1. The second-order valence-corrected chi connectivity index (χ2v) is 2.71. The minimum atomic E-state index is -1.18. The molecule has 0 aromatic carbocycles. The maximum atomic E-state index is 11.0. The van der Waals surface area contributed by atoms with Crippen LogP contribution in [0.15, 0.2) is 0 Å². The highest BCUT2D eigenvalue weighted by atomic mass is 16.5. The van der Waals surface area contributed by atoms with E-state index in [4.69, 9.17) is 5.11 Å². The van der Waals surface area contributed by atoms with Gasteiger partial charge in [-0.25, -0.2) is 0 Å². The number of carboxylic acids is 1. The second kappa shape index (κ2) is 5.53. The zero-order chi connectivity index (χ0) is 10.4. The molecule has 0 radical (unpaired) electrons. The van der Waals surface area contributed by atoms with Crippen molar-refractivity contribution in [1.29, 1.82) is 0 Å². The summed E-state index contributed by atoms with van der Waals surface area (Å²) in [6, 6.07) is 0. The van der Waals surface area contributed by atoms with Crippen LogP contribution in [-0.4, -0.2) is 34.9 Å². The summed E-state index contributed by atoms with van der Waals surface area (Å²) in [6.45, 7) is 3.31. The minimum Gasteiger partial charge on any atom is -0.481 e. The maximum Gasteiger partial charge on any atom is 0.311 e. The van der Waals surface area contributed by atoms with Crippen molar-refractivity contribution in [3.8, 4) is 0 Å². The Kier molecular flexibility index (Phi) is 5.06. The first kappa shape index (κ1) is 11.9. The van der Waals surface area contributed by atoms with Crippen LogP contribution in [0.25, 0.3) is 0 Å². The van der Waals surface area contributed by atoms with E-state index in [0.29, 0.717) is 0 Å². The smallest absolute Gasteiger partial charge is 0.311 e. The van der Waals surface area contributed by atoms with Gasteiger partial charge in [0.25, 0.3) is 0 Å². The molecule has 0 aliphatic carbocycles. The molecule has 5 heteroatoms. The van der Waals surface area contributed by atoms with Crippen LogP contribution in [0.4, 0.5) is 0 Å². The molecule has 0 aromatic heterocycles. The number of rotatable bonds is 5. The molecule has 0 fully saturated rings. The molecule has 0 saturated heterocycles. The zero-order valence-corrected chi connectivity index (χ0v) is 7.69. The number of hydrogen-bond donors (Lipinski definition) is 2. The molecule has 13 heavy (non-hydrogen) atoms. The van der Waals surface area contributed by atoms with Crippen LogP contribution in [0, 0.1) is 5.92 Å². The Morgan fingerprint density at radius 3 is 2.38 bits per heavy atom. The van der Waals surface area contributed by atoms with Crippen molar-refractivity contribution in [2.75, 3.05) is 6.61 Å². The molecule has 2 atom stereocenters. The van der Waals surface area contributed by atoms with Crippen molar-refractivity contribution in [1.82, 2.24) is 0 Å². The van der Waals surface area contributed by atoms with E-state index in [2.05, 4.69) is 4.74 Å². The van der Waals surface area contributed by atoms with E-state index in [0.717, 1.165) is 0 Å². The number of esters is 1. The molecular weight excluding hydrogens is 176 g/mol. The topological polar surface area (TPSA) is 83.8 Å². The van der Waals surface area contributed by atoms with Crippen molar-refractivity contribution in [2.45, 2.75) is 26.4 Å². The third-order valence-corrected chi connectivity index (χ3v) is 1.62. The van der Waals surface area contributed by atoms with E-state index < -0.39 is 30.4 Å². The zero-order valence-electron chi connectivity index (χ0n) is 7.69. The van der Waals surface area contributed by atoms with Gasteiger partial charge in [0.1, 0.15) is 0 Å². The van der Waals surface area contributed by atoms with Crippen LogP contribution in [-0.2, 0) is 14.3 Å². The van der Waals surface area contributed by atoms with Gasteiger partial charge >= 0.3 is 11.9 Å². The summed E-state index contributed by atoms with van der Waals surface area (Å²) in [6.07, 6.45) is -1.63. The van der Waals surface area contributed by atoms with Gasteiger partial charge < -0.3 is 14.9 Å². The average Bonchev–Trinajstić information content (AvgIpc) is 2.02. The van der Waals surface area contributed by atoms with Crippen LogP contribution in [0.5, 0.6) is 0 Å². The number of carbonyl (C=O) groups excluding carboxylic acids is 1. The van der Waals surface area contributed by atoms with Gasteiger partial charge in [-0.15, -0.1) is 0 Å². The van der Waals surface area contributed by atoms with Crippen molar-refractivity contribution in [2.24, 2.45) is 5.92 Å². The highest BCUT2D eigenvalue weighted by Crippen LogP contribution is 2.08. The van der Waals surface area contributed by atoms with Gasteiger partial charge in [0.2, 0.25) is 0 Å². The van der Waals surface area contributed by atoms with E-state index in [-0.39, 0.29) is 6.61 Å². The predicted octanol–water partition coefficient (Wildman–Crippen LogP) is 0.0212. The average molecular weight is 190 g/mol. The largest absolute Gasteiger partial charge is 0.481 e. The Morgan fingerprint density at radius 2 is 2.00 bits per heavy atom. The fourth-order valence-electron chi connectivity index (χ4n) is 0.786. The number of aliphatic hydroxyl groups excluding tert-OH is 1. The van der Waals surface area contributed by atoms with E-state index in [1.807, 2.05) is 0 Å². The van der Waals surface area contributed by atoms with Crippen LogP contribution in [0.2, 0.25) is 0 Å². The van der Waals surface area contributed by atoms with Gasteiger partial charge in [0, 0.05) is 0 Å². The van der Waals surface area contributed by atoms with Gasteiger partial charge in [-0.1, -0.05) is 0 Å². The second-order valence-electron chi connectivity index (χ2n) is 2.71. The van der Waals surface area contributed by atoms with Crippen molar-refractivity contribution < 1.29 is 24.5 Å². The molecular formula is C8H14O5. The highest BCUT2D eigenvalue weighted by molar-refractivity contribution is 5.74. The Bertz CT molecular complexity index is 189. The molecule has 0 bridgehead atoms. The molecule has 0 amide bonds. The predicted molar refractivity (Wildman–Crippen MR) is 44.1 cm³/mol. The molecule has 0 spiro atoms. The quantitative estimate of drug-likeness (QED) is 0.597. The van der Waals surface area contributed by atoms with Crippen molar-refractivity contribution >= 4 is 11.9 Å². The molecule has 0 heterocycles. The number of hydrogen-bond acceptors (Lipinski definition) is 4. The van der Waals surface area contributed by atoms with Crippen LogP contribution in [0.3, 0.4) is 0 Å². The molecule has 76 valence electrons. The van der Waals surface area contributed by atoms with Gasteiger partial charge in [-0.3, -0.25) is 9.59 Å². The van der Waals surface area contributed by atoms with Gasteiger partial charge in [-0.2, -0.15) is 0 Å². The Labute approximate surface area is 76.3 Å². The maximum absolute atomic E-state index is 11.0. The first-order valence-corrected chi connectivity index (χ1v) is 4.05. The number of aliphatic hydroxyl groups is 1. The van der Waals surface area contributed by atoms with Gasteiger partial charge in [-0.05, 0) is 13.8 Å². The number of carbonyl (C=O) groups is 2. The molecule has 2 N–H and O–H groups in total. The summed E-state index contributed by atoms with van der Waals surface area (Å²) in [5.41, 5.74) is 0. The lowest BCUT2D eigenvalue weighted by atomic mass is 10.0. The summed E-state index contributed by atoms with van der Waals surface area (Å²) in [4.78, 5) is 21.2.